The Labute approximate surface area is 270 Å². The lowest BCUT2D eigenvalue weighted by molar-refractivity contribution is 0.295. The first-order valence-corrected chi connectivity index (χ1v) is 16.7. The Morgan fingerprint density at radius 1 is 1.17 bits per heavy atom. The first-order valence-electron chi connectivity index (χ1n) is 16.7. The lowest BCUT2D eigenvalue weighted by atomic mass is 9.90. The zero-order valence-electron chi connectivity index (χ0n) is 27.4. The van der Waals surface area contributed by atoms with Crippen molar-refractivity contribution < 1.29 is 4.39 Å². The number of nitrogens with two attached hydrogens (primary N) is 3. The summed E-state index contributed by atoms with van der Waals surface area (Å²) in [7, 11) is 0. The average molecular weight is 629 g/mol. The van der Waals surface area contributed by atoms with Crippen molar-refractivity contribution in [2.24, 2.45) is 22.2 Å². The van der Waals surface area contributed by atoms with Gasteiger partial charge in [-0.2, -0.15) is 4.98 Å². The minimum absolute atomic E-state index is 0.137. The van der Waals surface area contributed by atoms with E-state index < -0.39 is 5.69 Å². The number of H-pyrrole nitrogens is 1. The van der Waals surface area contributed by atoms with Crippen molar-refractivity contribution >= 4 is 16.9 Å². The Morgan fingerprint density at radius 2 is 1.96 bits per heavy atom. The first kappa shape index (κ1) is 33.5. The highest BCUT2D eigenvalue weighted by atomic mass is 19.1. The van der Waals surface area contributed by atoms with Crippen LogP contribution < -0.4 is 28.2 Å². The van der Waals surface area contributed by atoms with Gasteiger partial charge in [0.15, 0.2) is 0 Å². The molecule has 0 bridgehead atoms. The summed E-state index contributed by atoms with van der Waals surface area (Å²) in [5, 5.41) is 4.56. The maximum Gasteiger partial charge on any atom is 0.354 e. The van der Waals surface area contributed by atoms with E-state index in [0.717, 1.165) is 74.4 Å². The molecule has 4 atom stereocenters. The number of piperidine rings is 1. The van der Waals surface area contributed by atoms with Crippen LogP contribution in [0.2, 0.25) is 0 Å². The Hall–Kier alpha value is -3.86. The van der Waals surface area contributed by atoms with E-state index in [1.165, 1.54) is 5.56 Å². The standard InChI is InChI=1S/C36H49FN8O/c1-4-7-27(42-33(40)20-38)19-28-10-6-11-31(41-28)25-12-14-29(15-13-25)45-21-26-18-32(43-35(26)44-36(45)46)30-17-24(9-5-8-23(3)39)16-22(2)34(30)37/h12-18,21,23,27-28,31,41H,4-11,19-20,38-39H2,1-3H3,(H2,40,42)(H,43,44,46)/t23-,27+,28-,31-/m0/s1. The van der Waals surface area contributed by atoms with Crippen molar-refractivity contribution in [3.63, 3.8) is 0 Å². The van der Waals surface area contributed by atoms with E-state index in [1.54, 1.807) is 17.7 Å². The average Bonchev–Trinajstić information content (AvgIpc) is 3.45. The molecule has 1 fully saturated rings. The molecule has 1 saturated heterocycles. The van der Waals surface area contributed by atoms with Gasteiger partial charge >= 0.3 is 5.69 Å². The predicted octanol–water partition coefficient (Wildman–Crippen LogP) is 5.56. The summed E-state index contributed by atoms with van der Waals surface area (Å²) in [6.07, 6.45) is 10.7. The summed E-state index contributed by atoms with van der Waals surface area (Å²) in [6, 6.07) is 14.6. The van der Waals surface area contributed by atoms with Crippen molar-refractivity contribution in [3.05, 3.63) is 81.7 Å². The van der Waals surface area contributed by atoms with Gasteiger partial charge in [-0.25, -0.2) is 9.18 Å². The number of benzene rings is 2. The number of fused-ring (bicyclic) bond motifs is 1. The number of amidine groups is 1. The van der Waals surface area contributed by atoms with Crippen LogP contribution in [-0.2, 0) is 6.42 Å². The second kappa shape index (κ2) is 15.2. The number of nitrogens with zero attached hydrogens (tertiary/aromatic N) is 3. The van der Waals surface area contributed by atoms with E-state index in [4.69, 9.17) is 17.2 Å². The number of aromatic amines is 1. The molecule has 0 spiro atoms. The molecule has 5 rings (SSSR count). The van der Waals surface area contributed by atoms with Gasteiger partial charge in [0.2, 0.25) is 0 Å². The van der Waals surface area contributed by atoms with Crippen LogP contribution in [-0.4, -0.2) is 45.0 Å². The quantitative estimate of drug-likeness (QED) is 0.0966. The third-order valence-corrected chi connectivity index (χ3v) is 9.03. The molecule has 0 amide bonds. The van der Waals surface area contributed by atoms with Crippen LogP contribution in [0.5, 0.6) is 0 Å². The van der Waals surface area contributed by atoms with Gasteiger partial charge in [0, 0.05) is 35.3 Å². The fourth-order valence-corrected chi connectivity index (χ4v) is 6.66. The number of halogens is 1. The fraction of sp³-hybridized carbons (Fsp3) is 0.472. The maximum atomic E-state index is 15.3. The van der Waals surface area contributed by atoms with Crippen LogP contribution in [0.25, 0.3) is 28.0 Å². The van der Waals surface area contributed by atoms with Crippen LogP contribution in [0.15, 0.2) is 58.4 Å². The molecule has 0 radical (unpaired) electrons. The molecule has 8 N–H and O–H groups in total. The molecule has 46 heavy (non-hydrogen) atoms. The van der Waals surface area contributed by atoms with Crippen molar-refractivity contribution in [1.82, 2.24) is 19.9 Å². The molecule has 0 unspecified atom stereocenters. The minimum Gasteiger partial charge on any atom is -0.386 e. The largest absolute Gasteiger partial charge is 0.386 e. The summed E-state index contributed by atoms with van der Waals surface area (Å²) < 4.78 is 16.8. The van der Waals surface area contributed by atoms with Crippen LogP contribution in [0.3, 0.4) is 0 Å². The smallest absolute Gasteiger partial charge is 0.354 e. The number of hydrogen-bond donors (Lipinski definition) is 5. The van der Waals surface area contributed by atoms with Crippen molar-refractivity contribution in [2.45, 2.75) is 103 Å². The molecule has 0 saturated carbocycles. The molecular formula is C36H49FN8O. The summed E-state index contributed by atoms with van der Waals surface area (Å²) in [5.74, 6) is 0.237. The number of aromatic nitrogens is 3. The van der Waals surface area contributed by atoms with Crippen molar-refractivity contribution in [2.75, 3.05) is 6.54 Å². The minimum atomic E-state index is -0.398. The zero-order chi connectivity index (χ0) is 32.8. The van der Waals surface area contributed by atoms with Crippen LogP contribution in [0.1, 0.15) is 87.9 Å². The molecule has 10 heteroatoms. The van der Waals surface area contributed by atoms with E-state index in [9.17, 15) is 4.79 Å². The van der Waals surface area contributed by atoms with E-state index in [1.807, 2.05) is 37.3 Å². The second-order valence-electron chi connectivity index (χ2n) is 13.0. The van der Waals surface area contributed by atoms with Gasteiger partial charge < -0.3 is 27.5 Å². The molecule has 2 aromatic carbocycles. The molecule has 2 aromatic heterocycles. The van der Waals surface area contributed by atoms with Gasteiger partial charge in [0.1, 0.15) is 17.3 Å². The van der Waals surface area contributed by atoms with Crippen LogP contribution in [0, 0.1) is 12.7 Å². The number of hydrogen-bond acceptors (Lipinski definition) is 6. The van der Waals surface area contributed by atoms with Gasteiger partial charge in [0.05, 0.1) is 24.0 Å². The summed E-state index contributed by atoms with van der Waals surface area (Å²) in [6.45, 7) is 6.23. The third kappa shape index (κ3) is 8.10. The number of rotatable bonds is 13. The lowest BCUT2D eigenvalue weighted by Gasteiger charge is -2.33. The summed E-state index contributed by atoms with van der Waals surface area (Å²) in [4.78, 5) is 25.3. The molecule has 4 aromatic rings. The Balaban J connectivity index is 1.33. The van der Waals surface area contributed by atoms with Crippen molar-refractivity contribution in [3.8, 4) is 16.9 Å². The SMILES string of the molecule is CCC[C@H](C[C@@H]1CCC[C@@H](c2ccc(-n3cc4cc(-c5cc(CCC[C@H](C)N)cc(C)c5F)[nH]c4nc3=O)cc2)N1)N=C(N)CN. The Kier molecular flexibility index (Phi) is 11.0. The van der Waals surface area contributed by atoms with Gasteiger partial charge in [-0.3, -0.25) is 9.56 Å². The van der Waals surface area contributed by atoms with E-state index in [2.05, 4.69) is 39.3 Å². The molecular weight excluding hydrogens is 579 g/mol. The summed E-state index contributed by atoms with van der Waals surface area (Å²) in [5.41, 5.74) is 22.2. The molecule has 3 heterocycles. The van der Waals surface area contributed by atoms with Crippen molar-refractivity contribution in [1.29, 1.82) is 0 Å². The van der Waals surface area contributed by atoms with E-state index in [-0.39, 0.29) is 30.5 Å². The van der Waals surface area contributed by atoms with Gasteiger partial charge in [-0.05, 0) is 99.7 Å². The number of aliphatic imine (C=N–C) groups is 1. The lowest BCUT2D eigenvalue weighted by Crippen LogP contribution is -2.39. The predicted molar refractivity (Wildman–Crippen MR) is 186 cm³/mol. The van der Waals surface area contributed by atoms with Crippen LogP contribution in [0.4, 0.5) is 4.39 Å². The zero-order valence-corrected chi connectivity index (χ0v) is 27.4. The highest BCUT2D eigenvalue weighted by Gasteiger charge is 2.25. The molecule has 9 nitrogen and oxygen atoms in total. The first-order chi connectivity index (χ1) is 22.1. The molecule has 1 aliphatic rings. The number of nitrogens with one attached hydrogen (secondary N) is 2. The molecule has 0 aliphatic carbocycles. The van der Waals surface area contributed by atoms with Gasteiger partial charge in [-0.15, -0.1) is 0 Å². The highest BCUT2D eigenvalue weighted by Crippen LogP contribution is 2.31. The highest BCUT2D eigenvalue weighted by molar-refractivity contribution is 5.83. The molecule has 246 valence electrons. The number of aryl methyl sites for hydroxylation is 2. The van der Waals surface area contributed by atoms with Crippen LogP contribution >= 0.6 is 0 Å². The Bertz CT molecular complexity index is 1710. The van der Waals surface area contributed by atoms with Gasteiger partial charge in [0.25, 0.3) is 0 Å². The maximum absolute atomic E-state index is 15.3. The Morgan fingerprint density at radius 3 is 2.67 bits per heavy atom. The topological polar surface area (TPSA) is 153 Å². The fourth-order valence-electron chi connectivity index (χ4n) is 6.66. The second-order valence-corrected chi connectivity index (χ2v) is 13.0. The molecule has 1 aliphatic heterocycles. The van der Waals surface area contributed by atoms with Gasteiger partial charge in [-0.1, -0.05) is 38.0 Å². The van der Waals surface area contributed by atoms with E-state index >= 15 is 4.39 Å². The third-order valence-electron chi connectivity index (χ3n) is 9.03. The summed E-state index contributed by atoms with van der Waals surface area (Å²) >= 11 is 0. The normalized spacial score (nSPS) is 18.6. The van der Waals surface area contributed by atoms with E-state index in [0.29, 0.717) is 34.3 Å². The monoisotopic (exact) mass is 628 g/mol.